The number of rotatable bonds is 10. The van der Waals surface area contributed by atoms with Crippen LogP contribution >= 0.6 is 12.0 Å². The summed E-state index contributed by atoms with van der Waals surface area (Å²) in [5, 5.41) is 43.1. The highest BCUT2D eigenvalue weighted by Crippen LogP contribution is 2.46. The van der Waals surface area contributed by atoms with Crippen molar-refractivity contribution in [1.29, 1.82) is 0 Å². The third-order valence-corrected chi connectivity index (χ3v) is 9.01. The first-order chi connectivity index (χ1) is 23.2. The first-order valence-corrected chi connectivity index (χ1v) is 16.9. The Morgan fingerprint density at radius 2 is 1.51 bits per heavy atom. The van der Waals surface area contributed by atoms with Crippen molar-refractivity contribution in [1.82, 2.24) is 0 Å². The fraction of sp³-hybridized carbons (Fsp3) is 0.0345. The Kier molecular flexibility index (Phi) is 9.99. The highest BCUT2D eigenvalue weighted by atomic mass is 32.2. The van der Waals surface area contributed by atoms with Gasteiger partial charge in [-0.3, -0.25) is 13.9 Å². The molecule has 0 bridgehead atoms. The van der Waals surface area contributed by atoms with Gasteiger partial charge in [-0.05, 0) is 60.0 Å². The molecule has 0 fully saturated rings. The average molecular weight is 725 g/mol. The molecule has 1 amide bonds. The van der Waals surface area contributed by atoms with Crippen molar-refractivity contribution in [2.75, 3.05) is 5.32 Å². The van der Waals surface area contributed by atoms with E-state index in [2.05, 4.69) is 40.0 Å². The molecule has 0 spiro atoms. The van der Waals surface area contributed by atoms with Gasteiger partial charge in [0.1, 0.15) is 10.6 Å². The fourth-order valence-corrected chi connectivity index (χ4v) is 6.19. The molecule has 5 aromatic rings. The van der Waals surface area contributed by atoms with Crippen molar-refractivity contribution in [3.63, 3.8) is 0 Å². The molecule has 5 N–H and O–H groups in total. The lowest BCUT2D eigenvalue weighted by Crippen LogP contribution is -2.11. The summed E-state index contributed by atoms with van der Waals surface area (Å²) < 4.78 is 72.0. The number of nitrogens with one attached hydrogen (secondary N) is 1. The lowest BCUT2D eigenvalue weighted by atomic mass is 10.1. The van der Waals surface area contributed by atoms with E-state index >= 15 is 0 Å². The first kappa shape index (κ1) is 35.0. The van der Waals surface area contributed by atoms with Crippen molar-refractivity contribution < 1.29 is 50.5 Å². The molecule has 49 heavy (non-hydrogen) atoms. The molecule has 0 aliphatic heterocycles. The second-order valence-electron chi connectivity index (χ2n) is 9.84. The molecule has 0 saturated heterocycles. The zero-order valence-electron chi connectivity index (χ0n) is 24.5. The number of carbonyl (C=O) groups excluding carboxylic acids is 1. The highest BCUT2D eigenvalue weighted by molar-refractivity contribution is 7.94. The largest absolute Gasteiger partial charge is 0.505 e. The summed E-state index contributed by atoms with van der Waals surface area (Å²) in [5.74, 6) is -1.29. The summed E-state index contributed by atoms with van der Waals surface area (Å²) in [6.45, 7) is 8.17. The standard InChI is InChI=1S/C29H20N6O11S3/c1-15(36)31-25-14-21-16(12-27(25)49(42,43)44)11-26(47-46-45-38)28(29(21)37)35-34-24-10-9-23(33-32-18-5-3-17(30-2)4-6-18)20-8-7-19(13-22(20)24)48(39,40)41/h3-14,37-38H,1H3,(H,31,36)(H,39,40,41)(H,42,43,44). The number of anilines is 1. The third-order valence-electron chi connectivity index (χ3n) is 6.64. The van der Waals surface area contributed by atoms with Crippen LogP contribution in [0, 0.1) is 6.57 Å². The predicted octanol–water partition coefficient (Wildman–Crippen LogP) is 7.96. The Hall–Kier alpha value is -5.37. The minimum absolute atomic E-state index is 0.0175. The van der Waals surface area contributed by atoms with Crippen molar-refractivity contribution in [3.8, 4) is 5.75 Å². The summed E-state index contributed by atoms with van der Waals surface area (Å²) in [5.41, 5.74) is 0.456. The van der Waals surface area contributed by atoms with Gasteiger partial charge in [0.15, 0.2) is 11.4 Å². The number of phenols is 1. The Balaban J connectivity index is 1.68. The van der Waals surface area contributed by atoms with Crippen LogP contribution in [-0.2, 0) is 34.4 Å². The molecule has 0 aromatic heterocycles. The molecule has 20 heteroatoms. The molecular formula is C29H20N6O11S3. The van der Waals surface area contributed by atoms with Crippen LogP contribution in [0.4, 0.5) is 34.1 Å². The molecule has 5 rings (SSSR count). The zero-order chi connectivity index (χ0) is 35.5. The second-order valence-corrected chi connectivity index (χ2v) is 13.4. The highest BCUT2D eigenvalue weighted by Gasteiger charge is 2.22. The lowest BCUT2D eigenvalue weighted by Gasteiger charge is -2.13. The molecular weight excluding hydrogens is 705 g/mol. The van der Waals surface area contributed by atoms with Crippen molar-refractivity contribution in [2.45, 2.75) is 21.6 Å². The maximum absolute atomic E-state index is 12.1. The molecule has 17 nitrogen and oxygen atoms in total. The number of hydrogen-bond donors (Lipinski definition) is 5. The Bertz CT molecular complexity index is 2470. The summed E-state index contributed by atoms with van der Waals surface area (Å²) in [6.07, 6.45) is 0. The van der Waals surface area contributed by atoms with E-state index in [1.165, 1.54) is 24.3 Å². The van der Waals surface area contributed by atoms with Gasteiger partial charge in [0.25, 0.3) is 20.2 Å². The minimum atomic E-state index is -4.86. The smallest absolute Gasteiger partial charge is 0.296 e. The van der Waals surface area contributed by atoms with Gasteiger partial charge in [0, 0.05) is 23.1 Å². The topological polar surface area (TPSA) is 251 Å². The number of azo groups is 2. The van der Waals surface area contributed by atoms with Crippen LogP contribution in [0.1, 0.15) is 6.92 Å². The summed E-state index contributed by atoms with van der Waals surface area (Å²) in [7, 11) is -9.52. The van der Waals surface area contributed by atoms with Gasteiger partial charge in [-0.2, -0.15) is 21.9 Å². The SMILES string of the molecule is [C-]#[N+]c1ccc(N=Nc2ccc(N=Nc3c(SOOO)cc4cc(S(=O)(=O)O)c(NC(C)=O)cc4c3O)c3cc(S(=O)(=O)O)ccc23)cc1. The van der Waals surface area contributed by atoms with E-state index in [4.69, 9.17) is 11.8 Å². The molecule has 0 radical (unpaired) electrons. The third kappa shape index (κ3) is 7.86. The fourth-order valence-electron chi connectivity index (χ4n) is 4.53. The van der Waals surface area contributed by atoms with Crippen LogP contribution in [0.2, 0.25) is 0 Å². The van der Waals surface area contributed by atoms with E-state index in [1.807, 2.05) is 0 Å². The van der Waals surface area contributed by atoms with Crippen LogP contribution in [0.5, 0.6) is 5.75 Å². The van der Waals surface area contributed by atoms with E-state index in [-0.39, 0.29) is 43.8 Å². The average Bonchev–Trinajstić information content (AvgIpc) is 3.05. The van der Waals surface area contributed by atoms with E-state index < -0.39 is 41.7 Å². The number of aromatic hydroxyl groups is 1. The Morgan fingerprint density at radius 3 is 2.12 bits per heavy atom. The molecule has 0 aliphatic rings. The van der Waals surface area contributed by atoms with Crippen molar-refractivity contribution in [2.24, 2.45) is 20.5 Å². The Labute approximate surface area is 280 Å². The van der Waals surface area contributed by atoms with Crippen LogP contribution in [-0.4, -0.2) is 42.2 Å². The van der Waals surface area contributed by atoms with Crippen LogP contribution in [0.15, 0.2) is 108 Å². The quantitative estimate of drug-likeness (QED) is 0.0230. The monoisotopic (exact) mass is 724 g/mol. The number of phenolic OH excluding ortho intramolecular Hbond substituents is 1. The number of amides is 1. The molecule has 0 atom stereocenters. The van der Waals surface area contributed by atoms with E-state index in [9.17, 15) is 35.8 Å². The molecule has 0 aliphatic carbocycles. The van der Waals surface area contributed by atoms with Gasteiger partial charge in [0.2, 0.25) is 5.91 Å². The summed E-state index contributed by atoms with van der Waals surface area (Å²) in [4.78, 5) is 13.8. The van der Waals surface area contributed by atoms with Gasteiger partial charge in [-0.25, -0.2) is 10.1 Å². The lowest BCUT2D eigenvalue weighted by molar-refractivity contribution is -0.432. The minimum Gasteiger partial charge on any atom is -0.505 e. The summed E-state index contributed by atoms with van der Waals surface area (Å²) >= 11 is 0.334. The van der Waals surface area contributed by atoms with Gasteiger partial charge >= 0.3 is 0 Å². The van der Waals surface area contributed by atoms with Crippen molar-refractivity contribution >= 4 is 93.9 Å². The normalized spacial score (nSPS) is 12.2. The first-order valence-electron chi connectivity index (χ1n) is 13.3. The van der Waals surface area contributed by atoms with Gasteiger partial charge in [0.05, 0.1) is 51.2 Å². The molecule has 250 valence electrons. The molecule has 0 unspecified atom stereocenters. The van der Waals surface area contributed by atoms with Gasteiger partial charge < -0.3 is 10.4 Å². The van der Waals surface area contributed by atoms with Gasteiger partial charge in [-0.1, -0.05) is 23.2 Å². The van der Waals surface area contributed by atoms with Crippen LogP contribution in [0.3, 0.4) is 0 Å². The van der Waals surface area contributed by atoms with E-state index in [1.54, 1.807) is 24.3 Å². The molecule has 0 heterocycles. The maximum Gasteiger partial charge on any atom is 0.296 e. The molecule has 0 saturated carbocycles. The Morgan fingerprint density at radius 1 is 0.837 bits per heavy atom. The zero-order valence-corrected chi connectivity index (χ0v) is 27.0. The number of hydrogen-bond acceptors (Lipinski definition) is 14. The number of fused-ring (bicyclic) bond motifs is 2. The number of nitrogens with zero attached hydrogens (tertiary/aromatic N) is 5. The number of benzene rings is 5. The van der Waals surface area contributed by atoms with E-state index in [0.717, 1.165) is 31.2 Å². The van der Waals surface area contributed by atoms with Crippen molar-refractivity contribution in [3.05, 3.63) is 84.2 Å². The van der Waals surface area contributed by atoms with Crippen LogP contribution in [0.25, 0.3) is 26.4 Å². The molecule has 5 aromatic carbocycles. The second kappa shape index (κ2) is 14.0. The van der Waals surface area contributed by atoms with E-state index in [0.29, 0.717) is 28.8 Å². The van der Waals surface area contributed by atoms with Gasteiger partial charge in [-0.15, -0.1) is 19.7 Å². The summed E-state index contributed by atoms with van der Waals surface area (Å²) in [6, 6.07) is 16.1. The maximum atomic E-state index is 12.1. The van der Waals surface area contributed by atoms with Crippen LogP contribution < -0.4 is 5.32 Å². The predicted molar refractivity (Wildman–Crippen MR) is 175 cm³/mol. The number of carbonyl (C=O) groups is 1.